The Kier molecular flexibility index (Phi) is 1.83. The molecule has 0 atom stereocenters. The molecule has 0 saturated carbocycles. The van der Waals surface area contributed by atoms with Crippen LogP contribution >= 0.6 is 0 Å². The van der Waals surface area contributed by atoms with Crippen LogP contribution < -0.4 is 0 Å². The molecule has 3 nitrogen and oxygen atoms in total. The summed E-state index contributed by atoms with van der Waals surface area (Å²) in [5.41, 5.74) is -0.300. The van der Waals surface area contributed by atoms with E-state index in [9.17, 15) is 13.2 Å². The highest BCUT2D eigenvalue weighted by molar-refractivity contribution is 5.73. The van der Waals surface area contributed by atoms with Crippen LogP contribution in [0.15, 0.2) is 18.2 Å². The molecule has 71 valence electrons. The number of hydrogen-bond donors (Lipinski definition) is 0. The van der Waals surface area contributed by atoms with E-state index in [2.05, 4.69) is 21.5 Å². The Bertz CT molecular complexity index is 467. The molecule has 0 bridgehead atoms. The minimum absolute atomic E-state index is 0.134. The minimum atomic E-state index is -4.36. The van der Waals surface area contributed by atoms with Crippen molar-refractivity contribution in [2.45, 2.75) is 6.18 Å². The van der Waals surface area contributed by atoms with Gasteiger partial charge in [0, 0.05) is 0 Å². The third kappa shape index (κ3) is 1.50. The number of benzene rings is 1. The van der Waals surface area contributed by atoms with Gasteiger partial charge in [-0.2, -0.15) is 13.2 Å². The summed E-state index contributed by atoms with van der Waals surface area (Å²) in [5, 5.41) is 6.91. The average Bonchev–Trinajstić information content (AvgIpc) is 2.16. The summed E-state index contributed by atoms with van der Waals surface area (Å²) in [7, 11) is 0. The highest BCUT2D eigenvalue weighted by Gasteiger charge is 2.30. The van der Waals surface area contributed by atoms with E-state index >= 15 is 0 Å². The third-order valence-electron chi connectivity index (χ3n) is 1.68. The molecular formula is C8H3F3N3. The molecule has 0 spiro atoms. The molecule has 0 N–H and O–H groups in total. The van der Waals surface area contributed by atoms with Gasteiger partial charge in [0.1, 0.15) is 5.52 Å². The molecule has 0 aliphatic heterocycles. The zero-order chi connectivity index (χ0) is 10.2. The Hall–Kier alpha value is -1.72. The van der Waals surface area contributed by atoms with Gasteiger partial charge in [-0.1, -0.05) is 0 Å². The molecule has 2 aromatic rings. The van der Waals surface area contributed by atoms with Crippen molar-refractivity contribution in [2.75, 3.05) is 0 Å². The van der Waals surface area contributed by atoms with Crippen LogP contribution in [0.25, 0.3) is 11.0 Å². The van der Waals surface area contributed by atoms with Crippen LogP contribution in [0, 0.1) is 6.33 Å². The van der Waals surface area contributed by atoms with Crippen molar-refractivity contribution < 1.29 is 13.2 Å². The van der Waals surface area contributed by atoms with Crippen LogP contribution in [0.1, 0.15) is 5.56 Å². The van der Waals surface area contributed by atoms with Gasteiger partial charge in [-0.15, -0.1) is 10.2 Å². The predicted molar refractivity (Wildman–Crippen MR) is 41.2 cm³/mol. The zero-order valence-electron chi connectivity index (χ0n) is 6.71. The van der Waals surface area contributed by atoms with E-state index in [1.54, 1.807) is 0 Å². The normalized spacial score (nSPS) is 11.9. The standard InChI is InChI=1S/C8H3F3N3/c9-8(10,11)5-1-2-6-7(3-5)12-4-13-14-6/h1-3H. The van der Waals surface area contributed by atoms with Crippen LogP contribution in [-0.2, 0) is 6.18 Å². The molecule has 0 unspecified atom stereocenters. The molecule has 1 radical (unpaired) electrons. The van der Waals surface area contributed by atoms with Crippen molar-refractivity contribution in [2.24, 2.45) is 0 Å². The van der Waals surface area contributed by atoms with E-state index in [0.717, 1.165) is 12.1 Å². The van der Waals surface area contributed by atoms with E-state index in [1.807, 2.05) is 0 Å². The van der Waals surface area contributed by atoms with Gasteiger partial charge in [0.25, 0.3) is 0 Å². The van der Waals surface area contributed by atoms with Crippen molar-refractivity contribution in [3.8, 4) is 0 Å². The summed E-state index contributed by atoms with van der Waals surface area (Å²) in [6.07, 6.45) is -2.23. The van der Waals surface area contributed by atoms with Crippen molar-refractivity contribution >= 4 is 11.0 Å². The number of fused-ring (bicyclic) bond motifs is 1. The van der Waals surface area contributed by atoms with Crippen LogP contribution in [-0.4, -0.2) is 15.2 Å². The Labute approximate surface area is 76.6 Å². The van der Waals surface area contributed by atoms with Crippen LogP contribution in [0.4, 0.5) is 13.2 Å². The Balaban J connectivity index is 2.63. The van der Waals surface area contributed by atoms with E-state index in [1.165, 1.54) is 6.07 Å². The molecule has 14 heavy (non-hydrogen) atoms. The van der Waals surface area contributed by atoms with Crippen LogP contribution in [0.2, 0.25) is 0 Å². The molecule has 0 amide bonds. The maximum atomic E-state index is 12.2. The highest BCUT2D eigenvalue weighted by atomic mass is 19.4. The van der Waals surface area contributed by atoms with E-state index in [4.69, 9.17) is 0 Å². The number of halogens is 3. The smallest absolute Gasteiger partial charge is 0.222 e. The summed E-state index contributed by atoms with van der Waals surface area (Å²) >= 11 is 0. The van der Waals surface area contributed by atoms with Gasteiger partial charge in [-0.05, 0) is 18.2 Å². The van der Waals surface area contributed by atoms with Gasteiger partial charge in [0.2, 0.25) is 6.33 Å². The molecule has 2 rings (SSSR count). The fourth-order valence-corrected chi connectivity index (χ4v) is 1.03. The molecule has 6 heteroatoms. The zero-order valence-corrected chi connectivity index (χ0v) is 6.71. The maximum absolute atomic E-state index is 12.2. The van der Waals surface area contributed by atoms with Gasteiger partial charge in [0.05, 0.1) is 11.1 Å². The fourth-order valence-electron chi connectivity index (χ4n) is 1.03. The Morgan fingerprint density at radius 1 is 1.14 bits per heavy atom. The fraction of sp³-hybridized carbons (Fsp3) is 0.125. The summed E-state index contributed by atoms with van der Waals surface area (Å²) in [5.74, 6) is 0. The molecule has 1 aromatic heterocycles. The van der Waals surface area contributed by atoms with Gasteiger partial charge >= 0.3 is 6.18 Å². The minimum Gasteiger partial charge on any atom is -0.222 e. The lowest BCUT2D eigenvalue weighted by atomic mass is 10.2. The highest BCUT2D eigenvalue weighted by Crippen LogP contribution is 2.30. The summed E-state index contributed by atoms with van der Waals surface area (Å²) < 4.78 is 36.7. The largest absolute Gasteiger partial charge is 0.416 e. The molecule has 0 aliphatic rings. The first kappa shape index (κ1) is 8.86. The summed E-state index contributed by atoms with van der Waals surface area (Å²) in [4.78, 5) is 3.56. The lowest BCUT2D eigenvalue weighted by molar-refractivity contribution is -0.137. The van der Waals surface area contributed by atoms with Gasteiger partial charge in [-0.3, -0.25) is 0 Å². The van der Waals surface area contributed by atoms with Gasteiger partial charge in [0.15, 0.2) is 0 Å². The van der Waals surface area contributed by atoms with Crippen molar-refractivity contribution in [1.82, 2.24) is 15.2 Å². The number of aromatic nitrogens is 3. The first-order chi connectivity index (χ1) is 6.57. The number of rotatable bonds is 0. The molecular weight excluding hydrogens is 195 g/mol. The van der Waals surface area contributed by atoms with Crippen molar-refractivity contribution in [3.63, 3.8) is 0 Å². The molecule has 0 fully saturated rings. The first-order valence-electron chi connectivity index (χ1n) is 3.65. The summed E-state index contributed by atoms with van der Waals surface area (Å²) in [6.45, 7) is 0. The van der Waals surface area contributed by atoms with Crippen molar-refractivity contribution in [3.05, 3.63) is 30.1 Å². The number of hydrogen-bond acceptors (Lipinski definition) is 3. The average molecular weight is 198 g/mol. The second kappa shape index (κ2) is 2.90. The lowest BCUT2D eigenvalue weighted by Gasteiger charge is -2.05. The number of nitrogens with zero attached hydrogens (tertiary/aromatic N) is 3. The Morgan fingerprint density at radius 2 is 1.93 bits per heavy atom. The van der Waals surface area contributed by atoms with Gasteiger partial charge in [-0.25, -0.2) is 4.98 Å². The van der Waals surface area contributed by atoms with E-state index in [0.29, 0.717) is 5.52 Å². The molecule has 1 heterocycles. The first-order valence-corrected chi connectivity index (χ1v) is 3.65. The topological polar surface area (TPSA) is 38.7 Å². The quantitative estimate of drug-likeness (QED) is 0.648. The third-order valence-corrected chi connectivity index (χ3v) is 1.68. The SMILES string of the molecule is FC(F)(F)c1ccc2nn[c]nc2c1. The van der Waals surface area contributed by atoms with Gasteiger partial charge < -0.3 is 0 Å². The van der Waals surface area contributed by atoms with E-state index < -0.39 is 11.7 Å². The van der Waals surface area contributed by atoms with Crippen LogP contribution in [0.3, 0.4) is 0 Å². The summed E-state index contributed by atoms with van der Waals surface area (Å²) in [6, 6.07) is 3.09. The van der Waals surface area contributed by atoms with E-state index in [-0.39, 0.29) is 5.52 Å². The number of alkyl halides is 3. The second-order valence-corrected chi connectivity index (χ2v) is 2.61. The monoisotopic (exact) mass is 198 g/mol. The molecule has 0 saturated heterocycles. The predicted octanol–water partition coefficient (Wildman–Crippen LogP) is 1.84. The van der Waals surface area contributed by atoms with Crippen LogP contribution in [0.5, 0.6) is 0 Å². The maximum Gasteiger partial charge on any atom is 0.416 e. The lowest BCUT2D eigenvalue weighted by Crippen LogP contribution is -2.04. The second-order valence-electron chi connectivity index (χ2n) is 2.61. The Morgan fingerprint density at radius 3 is 2.64 bits per heavy atom. The molecule has 1 aromatic carbocycles. The van der Waals surface area contributed by atoms with Crippen molar-refractivity contribution in [1.29, 1.82) is 0 Å². The molecule has 0 aliphatic carbocycles.